The van der Waals surface area contributed by atoms with Gasteiger partial charge in [-0.25, -0.2) is 4.98 Å². The van der Waals surface area contributed by atoms with Gasteiger partial charge in [0.1, 0.15) is 12.0 Å². The molecule has 1 amide bonds. The lowest BCUT2D eigenvalue weighted by Gasteiger charge is -2.31. The van der Waals surface area contributed by atoms with E-state index in [9.17, 15) is 14.7 Å². The zero-order chi connectivity index (χ0) is 21.4. The second-order valence-corrected chi connectivity index (χ2v) is 7.66. The van der Waals surface area contributed by atoms with Gasteiger partial charge in [0.05, 0.1) is 12.2 Å². The minimum atomic E-state index is -0.747. The third kappa shape index (κ3) is 3.63. The molecule has 4 rings (SSSR count). The van der Waals surface area contributed by atoms with Crippen LogP contribution in [0.2, 0.25) is 5.02 Å². The van der Waals surface area contributed by atoms with Gasteiger partial charge in [-0.15, -0.1) is 0 Å². The van der Waals surface area contributed by atoms with Gasteiger partial charge >= 0.3 is 0 Å². The lowest BCUT2D eigenvalue weighted by atomic mass is 10.0. The number of nitrogens with zero attached hydrogens (tertiary/aromatic N) is 4. The largest absolute Gasteiger partial charge is 0.501 e. The highest BCUT2D eigenvalue weighted by Gasteiger charge is 2.38. The van der Waals surface area contributed by atoms with Crippen LogP contribution >= 0.6 is 11.6 Å². The van der Waals surface area contributed by atoms with Crippen molar-refractivity contribution in [2.45, 2.75) is 18.9 Å². The highest BCUT2D eigenvalue weighted by Crippen LogP contribution is 2.46. The van der Waals surface area contributed by atoms with Crippen LogP contribution in [0.1, 0.15) is 34.9 Å². The van der Waals surface area contributed by atoms with Crippen LogP contribution < -0.4 is 15.8 Å². The van der Waals surface area contributed by atoms with Gasteiger partial charge in [-0.3, -0.25) is 14.2 Å². The SMILES string of the molecule is CN(c1nc(C(=O)Nc2cnoc2)c(O)c(=O)n1C)C(c1ccccc1Cl)C1CC1. The van der Waals surface area contributed by atoms with Crippen LogP contribution in [0.4, 0.5) is 11.6 Å². The van der Waals surface area contributed by atoms with E-state index in [1.165, 1.54) is 24.1 Å². The van der Waals surface area contributed by atoms with Crippen LogP contribution in [-0.2, 0) is 7.05 Å². The topological polar surface area (TPSA) is 113 Å². The molecule has 1 aliphatic rings. The van der Waals surface area contributed by atoms with E-state index in [1.54, 1.807) is 7.05 Å². The zero-order valence-electron chi connectivity index (χ0n) is 16.4. The number of halogens is 1. The molecule has 10 heteroatoms. The molecule has 0 saturated heterocycles. The van der Waals surface area contributed by atoms with Crippen molar-refractivity contribution in [3.05, 3.63) is 63.4 Å². The van der Waals surface area contributed by atoms with Crippen molar-refractivity contribution in [1.29, 1.82) is 0 Å². The number of carbonyl (C=O) groups is 1. The maximum absolute atomic E-state index is 12.6. The first-order valence-electron chi connectivity index (χ1n) is 9.36. The van der Waals surface area contributed by atoms with Gasteiger partial charge in [0.2, 0.25) is 11.7 Å². The molecule has 9 nitrogen and oxygen atoms in total. The number of aromatic nitrogens is 3. The Kier molecular flexibility index (Phi) is 5.21. The van der Waals surface area contributed by atoms with Gasteiger partial charge < -0.3 is 19.8 Å². The molecule has 1 saturated carbocycles. The monoisotopic (exact) mass is 429 g/mol. The van der Waals surface area contributed by atoms with Gasteiger partial charge in [0, 0.05) is 19.1 Å². The number of carbonyl (C=O) groups excluding carboxylic acids is 1. The minimum absolute atomic E-state index is 0.129. The van der Waals surface area contributed by atoms with Crippen molar-refractivity contribution >= 4 is 29.1 Å². The Bertz CT molecular complexity index is 1140. The summed E-state index contributed by atoms with van der Waals surface area (Å²) < 4.78 is 5.90. The quantitative estimate of drug-likeness (QED) is 0.619. The highest BCUT2D eigenvalue weighted by molar-refractivity contribution is 6.31. The van der Waals surface area contributed by atoms with Crippen molar-refractivity contribution in [1.82, 2.24) is 14.7 Å². The minimum Gasteiger partial charge on any atom is -0.501 e. The summed E-state index contributed by atoms with van der Waals surface area (Å²) in [7, 11) is 3.30. The van der Waals surface area contributed by atoms with Crippen LogP contribution in [0.5, 0.6) is 5.75 Å². The second kappa shape index (κ2) is 7.83. The normalized spacial score (nSPS) is 14.4. The Hall–Kier alpha value is -3.33. The average Bonchev–Trinajstić information content (AvgIpc) is 3.43. The van der Waals surface area contributed by atoms with Crippen LogP contribution in [0, 0.1) is 5.92 Å². The summed E-state index contributed by atoms with van der Waals surface area (Å²) in [6, 6.07) is 7.40. The average molecular weight is 430 g/mol. The van der Waals surface area contributed by atoms with Crippen LogP contribution in [0.15, 0.2) is 46.0 Å². The predicted molar refractivity (Wildman–Crippen MR) is 111 cm³/mol. The smallest absolute Gasteiger partial charge is 0.297 e. The Labute approximate surface area is 176 Å². The third-order valence-corrected chi connectivity index (χ3v) is 5.52. The van der Waals surface area contributed by atoms with E-state index in [1.807, 2.05) is 29.2 Å². The van der Waals surface area contributed by atoms with Gasteiger partial charge in [-0.2, -0.15) is 0 Å². The Balaban J connectivity index is 1.76. The van der Waals surface area contributed by atoms with Crippen LogP contribution in [0.25, 0.3) is 0 Å². The fourth-order valence-electron chi connectivity index (χ4n) is 3.54. The van der Waals surface area contributed by atoms with Crippen molar-refractivity contribution < 1.29 is 14.4 Å². The molecule has 2 aromatic heterocycles. The van der Waals surface area contributed by atoms with E-state index in [0.717, 1.165) is 18.4 Å². The van der Waals surface area contributed by atoms with Crippen LogP contribution in [0.3, 0.4) is 0 Å². The lowest BCUT2D eigenvalue weighted by molar-refractivity contribution is 0.101. The Morgan fingerprint density at radius 1 is 1.40 bits per heavy atom. The van der Waals surface area contributed by atoms with E-state index >= 15 is 0 Å². The number of nitrogens with one attached hydrogen (secondary N) is 1. The molecule has 3 aromatic rings. The molecular formula is C20H20ClN5O4. The van der Waals surface area contributed by atoms with Gasteiger partial charge in [0.15, 0.2) is 5.69 Å². The molecule has 1 aromatic carbocycles. The van der Waals surface area contributed by atoms with Crippen molar-refractivity contribution in [2.24, 2.45) is 13.0 Å². The summed E-state index contributed by atoms with van der Waals surface area (Å²) in [6.07, 6.45) is 4.56. The zero-order valence-corrected chi connectivity index (χ0v) is 17.1. The summed E-state index contributed by atoms with van der Waals surface area (Å²) >= 11 is 6.45. The molecule has 2 N–H and O–H groups in total. The molecule has 0 aliphatic heterocycles. The summed E-state index contributed by atoms with van der Waals surface area (Å²) in [6.45, 7) is 0. The van der Waals surface area contributed by atoms with Gasteiger partial charge in [-0.05, 0) is 30.4 Å². The number of aromatic hydroxyl groups is 1. The maximum atomic E-state index is 12.6. The van der Waals surface area contributed by atoms with E-state index in [-0.39, 0.29) is 23.4 Å². The lowest BCUT2D eigenvalue weighted by Crippen LogP contribution is -2.34. The highest BCUT2D eigenvalue weighted by atomic mass is 35.5. The molecule has 1 unspecified atom stereocenters. The molecule has 0 spiro atoms. The summed E-state index contributed by atoms with van der Waals surface area (Å²) in [5.74, 6) is -0.895. The molecule has 2 heterocycles. The number of amides is 1. The molecule has 1 atom stereocenters. The first-order chi connectivity index (χ1) is 14.4. The van der Waals surface area contributed by atoms with Crippen molar-refractivity contribution in [3.8, 4) is 5.75 Å². The molecule has 1 aliphatic carbocycles. The molecule has 0 radical (unpaired) electrons. The molecule has 156 valence electrons. The number of benzene rings is 1. The number of hydrogen-bond acceptors (Lipinski definition) is 7. The fraction of sp³-hybridized carbons (Fsp3) is 0.300. The Morgan fingerprint density at radius 2 is 2.13 bits per heavy atom. The first-order valence-corrected chi connectivity index (χ1v) is 9.74. The molecule has 1 fully saturated rings. The number of hydrogen-bond donors (Lipinski definition) is 2. The molecule has 30 heavy (non-hydrogen) atoms. The van der Waals surface area contributed by atoms with E-state index in [4.69, 9.17) is 11.6 Å². The Morgan fingerprint density at radius 3 is 2.77 bits per heavy atom. The van der Waals surface area contributed by atoms with Crippen molar-refractivity contribution in [2.75, 3.05) is 17.3 Å². The second-order valence-electron chi connectivity index (χ2n) is 7.26. The molecular weight excluding hydrogens is 410 g/mol. The molecule has 0 bridgehead atoms. The number of anilines is 2. The van der Waals surface area contributed by atoms with Gasteiger partial charge in [0.25, 0.3) is 11.5 Å². The van der Waals surface area contributed by atoms with E-state index in [2.05, 4.69) is 20.0 Å². The first kappa shape index (κ1) is 20.0. The van der Waals surface area contributed by atoms with Gasteiger partial charge in [-0.1, -0.05) is 35.0 Å². The maximum Gasteiger partial charge on any atom is 0.297 e. The predicted octanol–water partition coefficient (Wildman–Crippen LogP) is 2.97. The summed E-state index contributed by atoms with van der Waals surface area (Å²) in [4.78, 5) is 31.4. The van der Waals surface area contributed by atoms with Crippen molar-refractivity contribution in [3.63, 3.8) is 0 Å². The van der Waals surface area contributed by atoms with E-state index in [0.29, 0.717) is 10.9 Å². The standard InChI is InChI=1S/C20H20ClN5O4/c1-25(16(11-7-8-11)13-5-3-4-6-14(13)21)20-24-15(17(27)19(29)26(20)2)18(28)23-12-9-22-30-10-12/h3-6,9-11,16,27H,7-8H2,1-2H3,(H,23,28). The van der Waals surface area contributed by atoms with Crippen LogP contribution in [-0.4, -0.2) is 32.8 Å². The third-order valence-electron chi connectivity index (χ3n) is 5.17. The van der Waals surface area contributed by atoms with E-state index < -0.39 is 17.2 Å². The summed E-state index contributed by atoms with van der Waals surface area (Å²) in [5, 5.41) is 16.9. The fourth-order valence-corrected chi connectivity index (χ4v) is 3.79. The number of rotatable bonds is 6. The summed E-state index contributed by atoms with van der Waals surface area (Å²) in [5.41, 5.74) is 0.0940.